The normalized spacial score (nSPS) is 21.5. The number of aryl methyl sites for hydroxylation is 2. The third kappa shape index (κ3) is 4.19. The number of likely N-dealkylation sites (tertiary alicyclic amines) is 1. The molecule has 0 spiro atoms. The van der Waals surface area contributed by atoms with Gasteiger partial charge in [0, 0.05) is 18.3 Å². The SMILES string of the molecule is Cl.NC1CCCN(CC(=O)Nc2ccc3c(c2)CCC3)C1. The number of benzene rings is 1. The van der Waals surface area contributed by atoms with E-state index in [1.807, 2.05) is 6.07 Å². The van der Waals surface area contributed by atoms with Crippen molar-refractivity contribution in [1.29, 1.82) is 0 Å². The smallest absolute Gasteiger partial charge is 0.238 e. The number of hydrogen-bond acceptors (Lipinski definition) is 3. The molecule has 0 aromatic heterocycles. The Labute approximate surface area is 132 Å². The monoisotopic (exact) mass is 309 g/mol. The van der Waals surface area contributed by atoms with E-state index in [4.69, 9.17) is 5.73 Å². The summed E-state index contributed by atoms with van der Waals surface area (Å²) in [5.41, 5.74) is 9.70. The van der Waals surface area contributed by atoms with Crippen LogP contribution in [0.15, 0.2) is 18.2 Å². The van der Waals surface area contributed by atoms with Gasteiger partial charge >= 0.3 is 0 Å². The van der Waals surface area contributed by atoms with Crippen LogP contribution in [0.1, 0.15) is 30.4 Å². The van der Waals surface area contributed by atoms with Gasteiger partial charge in [0.05, 0.1) is 6.54 Å². The van der Waals surface area contributed by atoms with Crippen LogP contribution < -0.4 is 11.1 Å². The van der Waals surface area contributed by atoms with E-state index in [9.17, 15) is 4.79 Å². The van der Waals surface area contributed by atoms with Gasteiger partial charge in [-0.3, -0.25) is 9.69 Å². The molecule has 3 N–H and O–H groups in total. The minimum atomic E-state index is 0. The quantitative estimate of drug-likeness (QED) is 0.897. The third-order valence-corrected chi connectivity index (χ3v) is 4.29. The third-order valence-electron chi connectivity index (χ3n) is 4.29. The lowest BCUT2D eigenvalue weighted by molar-refractivity contribution is -0.117. The molecule has 1 aliphatic heterocycles. The predicted molar refractivity (Wildman–Crippen MR) is 88.0 cm³/mol. The molecule has 1 unspecified atom stereocenters. The van der Waals surface area contributed by atoms with E-state index in [-0.39, 0.29) is 24.4 Å². The molecule has 2 aliphatic rings. The number of nitrogens with two attached hydrogens (primary N) is 1. The first-order valence-electron chi connectivity index (χ1n) is 7.60. The Kier molecular flexibility index (Phi) is 5.62. The molecule has 5 heteroatoms. The second-order valence-electron chi connectivity index (χ2n) is 6.02. The van der Waals surface area contributed by atoms with Crippen LogP contribution in [0, 0.1) is 0 Å². The van der Waals surface area contributed by atoms with E-state index >= 15 is 0 Å². The zero-order valence-electron chi connectivity index (χ0n) is 12.3. The first-order valence-corrected chi connectivity index (χ1v) is 7.60. The Morgan fingerprint density at radius 2 is 2.10 bits per heavy atom. The van der Waals surface area contributed by atoms with Gasteiger partial charge in [-0.05, 0) is 61.9 Å². The number of nitrogens with one attached hydrogen (secondary N) is 1. The fraction of sp³-hybridized carbons (Fsp3) is 0.562. The Morgan fingerprint density at radius 3 is 2.90 bits per heavy atom. The Bertz CT molecular complexity index is 506. The number of carbonyl (C=O) groups excluding carboxylic acids is 1. The Balaban J connectivity index is 0.00000161. The standard InChI is InChI=1S/C16H23N3O.ClH/c17-14-5-2-8-19(10-14)11-16(20)18-15-7-6-12-3-1-4-13(12)9-15;/h6-7,9,14H,1-5,8,10-11,17H2,(H,18,20);1H. The predicted octanol–water partition coefficient (Wildman–Crippen LogP) is 1.96. The van der Waals surface area contributed by atoms with Crippen molar-refractivity contribution >= 4 is 24.0 Å². The summed E-state index contributed by atoms with van der Waals surface area (Å²) < 4.78 is 0. The number of carbonyl (C=O) groups is 1. The highest BCUT2D eigenvalue weighted by atomic mass is 35.5. The lowest BCUT2D eigenvalue weighted by Gasteiger charge is -2.29. The molecule has 1 aliphatic carbocycles. The number of piperidine rings is 1. The van der Waals surface area contributed by atoms with Gasteiger partial charge in [0.1, 0.15) is 0 Å². The van der Waals surface area contributed by atoms with Crippen molar-refractivity contribution in [3.63, 3.8) is 0 Å². The first-order chi connectivity index (χ1) is 9.70. The largest absolute Gasteiger partial charge is 0.327 e. The number of amides is 1. The summed E-state index contributed by atoms with van der Waals surface area (Å²) in [6.07, 6.45) is 5.71. The van der Waals surface area contributed by atoms with Crippen LogP contribution in [0.5, 0.6) is 0 Å². The van der Waals surface area contributed by atoms with E-state index in [2.05, 4.69) is 22.3 Å². The summed E-state index contributed by atoms with van der Waals surface area (Å²) in [5, 5.41) is 3.01. The van der Waals surface area contributed by atoms with Gasteiger partial charge in [0.25, 0.3) is 0 Å². The lowest BCUT2D eigenvalue weighted by atomic mass is 10.1. The molecule has 21 heavy (non-hydrogen) atoms. The zero-order valence-corrected chi connectivity index (χ0v) is 13.1. The highest BCUT2D eigenvalue weighted by molar-refractivity contribution is 5.92. The second kappa shape index (κ2) is 7.25. The number of hydrogen-bond donors (Lipinski definition) is 2. The van der Waals surface area contributed by atoms with Gasteiger partial charge in [0.2, 0.25) is 5.91 Å². The van der Waals surface area contributed by atoms with Gasteiger partial charge in [-0.25, -0.2) is 0 Å². The number of halogens is 1. The van der Waals surface area contributed by atoms with Crippen LogP contribution in [0.25, 0.3) is 0 Å². The summed E-state index contributed by atoms with van der Waals surface area (Å²) in [7, 11) is 0. The van der Waals surface area contributed by atoms with E-state index in [0.717, 1.165) is 38.0 Å². The van der Waals surface area contributed by atoms with Gasteiger partial charge in [-0.2, -0.15) is 0 Å². The molecular weight excluding hydrogens is 286 g/mol. The molecule has 1 amide bonds. The maximum Gasteiger partial charge on any atom is 0.238 e. The van der Waals surface area contributed by atoms with Crippen LogP contribution in [0.4, 0.5) is 5.69 Å². The van der Waals surface area contributed by atoms with E-state index in [1.165, 1.54) is 24.0 Å². The van der Waals surface area contributed by atoms with Crippen LogP contribution >= 0.6 is 12.4 Å². The van der Waals surface area contributed by atoms with Crippen molar-refractivity contribution in [1.82, 2.24) is 4.90 Å². The van der Waals surface area contributed by atoms with E-state index < -0.39 is 0 Å². The molecule has 1 fully saturated rings. The molecule has 1 saturated heterocycles. The molecule has 0 radical (unpaired) electrons. The Hall–Kier alpha value is -1.10. The molecule has 1 aromatic carbocycles. The molecule has 3 rings (SSSR count). The summed E-state index contributed by atoms with van der Waals surface area (Å²) in [5.74, 6) is 0.0667. The summed E-state index contributed by atoms with van der Waals surface area (Å²) in [6, 6.07) is 6.51. The number of anilines is 1. The minimum Gasteiger partial charge on any atom is -0.327 e. The topological polar surface area (TPSA) is 58.4 Å². The number of fused-ring (bicyclic) bond motifs is 1. The fourth-order valence-corrected chi connectivity index (χ4v) is 3.29. The maximum absolute atomic E-state index is 12.1. The van der Waals surface area contributed by atoms with E-state index in [0.29, 0.717) is 6.54 Å². The molecule has 116 valence electrons. The molecule has 0 saturated carbocycles. The van der Waals surface area contributed by atoms with Crippen LogP contribution in [0.3, 0.4) is 0 Å². The molecule has 0 bridgehead atoms. The molecule has 1 heterocycles. The molecule has 4 nitrogen and oxygen atoms in total. The molecule has 1 aromatic rings. The van der Waals surface area contributed by atoms with Gasteiger partial charge in [-0.15, -0.1) is 12.4 Å². The highest BCUT2D eigenvalue weighted by Gasteiger charge is 2.19. The van der Waals surface area contributed by atoms with Crippen LogP contribution in [-0.4, -0.2) is 36.5 Å². The average molecular weight is 310 g/mol. The van der Waals surface area contributed by atoms with Gasteiger partial charge in [-0.1, -0.05) is 6.07 Å². The second-order valence-corrected chi connectivity index (χ2v) is 6.02. The highest BCUT2D eigenvalue weighted by Crippen LogP contribution is 2.24. The lowest BCUT2D eigenvalue weighted by Crippen LogP contribution is -2.45. The summed E-state index contributed by atoms with van der Waals surface area (Å²) in [4.78, 5) is 14.2. The van der Waals surface area contributed by atoms with Crippen LogP contribution in [-0.2, 0) is 17.6 Å². The van der Waals surface area contributed by atoms with Gasteiger partial charge < -0.3 is 11.1 Å². The number of rotatable bonds is 3. The van der Waals surface area contributed by atoms with Gasteiger partial charge in [0.15, 0.2) is 0 Å². The number of nitrogens with zero attached hydrogens (tertiary/aromatic N) is 1. The zero-order chi connectivity index (χ0) is 13.9. The van der Waals surface area contributed by atoms with Crippen molar-refractivity contribution in [2.75, 3.05) is 25.0 Å². The summed E-state index contributed by atoms with van der Waals surface area (Å²) >= 11 is 0. The van der Waals surface area contributed by atoms with Crippen LogP contribution in [0.2, 0.25) is 0 Å². The summed E-state index contributed by atoms with van der Waals surface area (Å²) in [6.45, 7) is 2.26. The van der Waals surface area contributed by atoms with Crippen molar-refractivity contribution in [2.24, 2.45) is 5.73 Å². The Morgan fingerprint density at radius 1 is 1.29 bits per heavy atom. The van der Waals surface area contributed by atoms with Crippen molar-refractivity contribution in [3.05, 3.63) is 29.3 Å². The van der Waals surface area contributed by atoms with E-state index in [1.54, 1.807) is 0 Å². The molecule has 1 atom stereocenters. The average Bonchev–Trinajstić information content (AvgIpc) is 2.86. The fourth-order valence-electron chi connectivity index (χ4n) is 3.29. The maximum atomic E-state index is 12.1. The van der Waals surface area contributed by atoms with Crippen molar-refractivity contribution in [3.8, 4) is 0 Å². The van der Waals surface area contributed by atoms with Crippen molar-refractivity contribution in [2.45, 2.75) is 38.1 Å². The first kappa shape index (κ1) is 16.3. The van der Waals surface area contributed by atoms with Crippen molar-refractivity contribution < 1.29 is 4.79 Å². The molecular formula is C16H24ClN3O. The minimum absolute atomic E-state index is 0.